The molecule has 0 aliphatic carbocycles. The van der Waals surface area contributed by atoms with Crippen LogP contribution in [-0.2, 0) is 6.54 Å². The van der Waals surface area contributed by atoms with Crippen LogP contribution in [0.15, 0.2) is 42.6 Å². The molecule has 3 aromatic rings. The number of likely N-dealkylation sites (tertiary alicyclic amines) is 1. The van der Waals surface area contributed by atoms with Crippen LogP contribution in [0.3, 0.4) is 0 Å². The zero-order valence-electron chi connectivity index (χ0n) is 16.2. The first kappa shape index (κ1) is 17.7. The number of aryl methyl sites for hydroxylation is 1. The molecule has 1 aliphatic heterocycles. The highest BCUT2D eigenvalue weighted by molar-refractivity contribution is 5.94. The SMILES string of the molecule is CCn1c([C@H]2CCN(C(=O)c3ccc(C(C)C)cc3)C2)nc2cccnc21. The molecule has 5 heteroatoms. The van der Waals surface area contributed by atoms with Gasteiger partial charge in [0, 0.05) is 37.3 Å². The summed E-state index contributed by atoms with van der Waals surface area (Å²) < 4.78 is 2.19. The fourth-order valence-corrected chi connectivity index (χ4v) is 3.95. The minimum atomic E-state index is 0.116. The van der Waals surface area contributed by atoms with E-state index in [1.165, 1.54) is 5.56 Å². The lowest BCUT2D eigenvalue weighted by atomic mass is 10.0. The molecule has 5 nitrogen and oxygen atoms in total. The third-order valence-electron chi connectivity index (χ3n) is 5.51. The Kier molecular flexibility index (Phi) is 4.68. The molecule has 1 aliphatic rings. The van der Waals surface area contributed by atoms with Crippen molar-refractivity contribution in [2.45, 2.75) is 45.6 Å². The second-order valence-electron chi connectivity index (χ2n) is 7.57. The Labute approximate surface area is 160 Å². The molecule has 0 spiro atoms. The number of fused-ring (bicyclic) bond motifs is 1. The molecule has 0 unspecified atom stereocenters. The van der Waals surface area contributed by atoms with E-state index in [0.29, 0.717) is 12.5 Å². The summed E-state index contributed by atoms with van der Waals surface area (Å²) in [6.07, 6.45) is 2.75. The van der Waals surface area contributed by atoms with Crippen LogP contribution in [0.5, 0.6) is 0 Å². The van der Waals surface area contributed by atoms with Crippen LogP contribution in [0.2, 0.25) is 0 Å². The zero-order chi connectivity index (χ0) is 19.0. The summed E-state index contributed by atoms with van der Waals surface area (Å²) in [4.78, 5) is 24.2. The molecular weight excluding hydrogens is 336 g/mol. The van der Waals surface area contributed by atoms with Crippen molar-refractivity contribution in [3.8, 4) is 0 Å². The molecule has 140 valence electrons. The van der Waals surface area contributed by atoms with E-state index in [1.807, 2.05) is 35.4 Å². The first-order valence-electron chi connectivity index (χ1n) is 9.79. The second kappa shape index (κ2) is 7.14. The molecular formula is C22H26N4O. The molecule has 1 aromatic carbocycles. The summed E-state index contributed by atoms with van der Waals surface area (Å²) in [7, 11) is 0. The van der Waals surface area contributed by atoms with Gasteiger partial charge in [0.2, 0.25) is 0 Å². The second-order valence-corrected chi connectivity index (χ2v) is 7.57. The lowest BCUT2D eigenvalue weighted by molar-refractivity contribution is 0.0790. The number of imidazole rings is 1. The van der Waals surface area contributed by atoms with E-state index in [4.69, 9.17) is 4.98 Å². The topological polar surface area (TPSA) is 51.0 Å². The van der Waals surface area contributed by atoms with Crippen molar-refractivity contribution >= 4 is 17.1 Å². The Bertz CT molecular complexity index is 958. The molecule has 4 rings (SSSR count). The van der Waals surface area contributed by atoms with Gasteiger partial charge in [0.1, 0.15) is 11.3 Å². The summed E-state index contributed by atoms with van der Waals surface area (Å²) in [5.74, 6) is 1.90. The van der Waals surface area contributed by atoms with Crippen molar-refractivity contribution in [3.05, 3.63) is 59.5 Å². The summed E-state index contributed by atoms with van der Waals surface area (Å²) in [6.45, 7) is 8.77. The van der Waals surface area contributed by atoms with Crippen molar-refractivity contribution in [3.63, 3.8) is 0 Å². The molecule has 0 N–H and O–H groups in total. The van der Waals surface area contributed by atoms with Gasteiger partial charge in [-0.05, 0) is 49.1 Å². The van der Waals surface area contributed by atoms with E-state index in [-0.39, 0.29) is 11.8 Å². The predicted molar refractivity (Wildman–Crippen MR) is 107 cm³/mol. The van der Waals surface area contributed by atoms with Crippen molar-refractivity contribution in [1.82, 2.24) is 19.4 Å². The maximum Gasteiger partial charge on any atom is 0.253 e. The number of carbonyl (C=O) groups excluding carboxylic acids is 1. The summed E-state index contributed by atoms with van der Waals surface area (Å²) in [6, 6.07) is 12.0. The van der Waals surface area contributed by atoms with Crippen LogP contribution in [0, 0.1) is 0 Å². The molecule has 2 aromatic heterocycles. The Morgan fingerprint density at radius 3 is 2.70 bits per heavy atom. The van der Waals surface area contributed by atoms with Crippen LogP contribution >= 0.6 is 0 Å². The van der Waals surface area contributed by atoms with Crippen LogP contribution < -0.4 is 0 Å². The maximum atomic E-state index is 12.9. The smallest absolute Gasteiger partial charge is 0.253 e. The van der Waals surface area contributed by atoms with Gasteiger partial charge in [-0.2, -0.15) is 0 Å². The number of rotatable bonds is 4. The van der Waals surface area contributed by atoms with Gasteiger partial charge in [0.15, 0.2) is 5.65 Å². The molecule has 1 fully saturated rings. The maximum absolute atomic E-state index is 12.9. The normalized spacial score (nSPS) is 17.2. The largest absolute Gasteiger partial charge is 0.338 e. The molecule has 0 bridgehead atoms. The minimum Gasteiger partial charge on any atom is -0.338 e. The number of nitrogens with zero attached hydrogens (tertiary/aromatic N) is 4. The van der Waals surface area contributed by atoms with Gasteiger partial charge in [-0.1, -0.05) is 26.0 Å². The monoisotopic (exact) mass is 362 g/mol. The van der Waals surface area contributed by atoms with Crippen molar-refractivity contribution in [1.29, 1.82) is 0 Å². The Morgan fingerprint density at radius 1 is 1.22 bits per heavy atom. The highest BCUT2D eigenvalue weighted by Crippen LogP contribution is 2.30. The molecule has 3 heterocycles. The van der Waals surface area contributed by atoms with Crippen molar-refractivity contribution in [2.24, 2.45) is 0 Å². The van der Waals surface area contributed by atoms with E-state index in [9.17, 15) is 4.79 Å². The van der Waals surface area contributed by atoms with E-state index in [1.54, 1.807) is 0 Å². The highest BCUT2D eigenvalue weighted by Gasteiger charge is 2.31. The van der Waals surface area contributed by atoms with Crippen molar-refractivity contribution in [2.75, 3.05) is 13.1 Å². The molecule has 1 amide bonds. The number of pyridine rings is 1. The van der Waals surface area contributed by atoms with E-state index in [2.05, 4.69) is 42.5 Å². The lowest BCUT2D eigenvalue weighted by Gasteiger charge is -2.17. The standard InChI is InChI=1S/C22H26N4O/c1-4-26-20(24-19-6-5-12-23-21(19)26)18-11-13-25(14-18)22(27)17-9-7-16(8-10-17)15(2)3/h5-10,12,15,18H,4,11,13-14H2,1-3H3/t18-/m0/s1. The summed E-state index contributed by atoms with van der Waals surface area (Å²) >= 11 is 0. The first-order valence-corrected chi connectivity index (χ1v) is 9.79. The minimum absolute atomic E-state index is 0.116. The van der Waals surface area contributed by atoms with Gasteiger partial charge in [-0.3, -0.25) is 4.79 Å². The molecule has 1 saturated heterocycles. The molecule has 27 heavy (non-hydrogen) atoms. The number of aromatic nitrogens is 3. The Morgan fingerprint density at radius 2 is 2.00 bits per heavy atom. The average molecular weight is 362 g/mol. The number of amides is 1. The third-order valence-corrected chi connectivity index (χ3v) is 5.51. The van der Waals surface area contributed by atoms with Gasteiger partial charge in [-0.15, -0.1) is 0 Å². The van der Waals surface area contributed by atoms with E-state index < -0.39 is 0 Å². The van der Waals surface area contributed by atoms with Gasteiger partial charge >= 0.3 is 0 Å². The Hall–Kier alpha value is -2.69. The Balaban J connectivity index is 1.54. The van der Waals surface area contributed by atoms with Gasteiger partial charge < -0.3 is 9.47 Å². The molecule has 0 saturated carbocycles. The van der Waals surface area contributed by atoms with Gasteiger partial charge in [0.25, 0.3) is 5.91 Å². The quantitative estimate of drug-likeness (QED) is 0.699. The van der Waals surface area contributed by atoms with Crippen LogP contribution in [0.4, 0.5) is 0 Å². The number of hydrogen-bond donors (Lipinski definition) is 0. The van der Waals surface area contributed by atoms with Crippen molar-refractivity contribution < 1.29 is 4.79 Å². The summed E-state index contributed by atoms with van der Waals surface area (Å²) in [5.41, 5.74) is 3.90. The van der Waals surface area contributed by atoms with Crippen LogP contribution in [-0.4, -0.2) is 38.4 Å². The predicted octanol–water partition coefficient (Wildman–Crippen LogP) is 4.20. The fourth-order valence-electron chi connectivity index (χ4n) is 3.95. The van der Waals surface area contributed by atoms with E-state index in [0.717, 1.165) is 42.1 Å². The van der Waals surface area contributed by atoms with E-state index >= 15 is 0 Å². The fraction of sp³-hybridized carbons (Fsp3) is 0.409. The zero-order valence-corrected chi connectivity index (χ0v) is 16.2. The lowest BCUT2D eigenvalue weighted by Crippen LogP contribution is -2.28. The number of hydrogen-bond acceptors (Lipinski definition) is 3. The number of carbonyl (C=O) groups is 1. The first-order chi connectivity index (χ1) is 13.1. The third kappa shape index (κ3) is 3.22. The summed E-state index contributed by atoms with van der Waals surface area (Å²) in [5, 5.41) is 0. The molecule has 0 radical (unpaired) electrons. The van der Waals surface area contributed by atoms with Gasteiger partial charge in [0.05, 0.1) is 0 Å². The highest BCUT2D eigenvalue weighted by atomic mass is 16.2. The molecule has 1 atom stereocenters. The number of benzene rings is 1. The average Bonchev–Trinajstić information content (AvgIpc) is 3.31. The van der Waals surface area contributed by atoms with Crippen LogP contribution in [0.25, 0.3) is 11.2 Å². The van der Waals surface area contributed by atoms with Crippen LogP contribution in [0.1, 0.15) is 60.8 Å². The van der Waals surface area contributed by atoms with Gasteiger partial charge in [-0.25, -0.2) is 9.97 Å².